The summed E-state index contributed by atoms with van der Waals surface area (Å²) in [4.78, 5) is 26.5. The number of imide groups is 1. The van der Waals surface area contributed by atoms with Gasteiger partial charge in [0.25, 0.3) is 11.6 Å². The second-order valence-electron chi connectivity index (χ2n) is 6.27. The summed E-state index contributed by atoms with van der Waals surface area (Å²) in [6, 6.07) is 13.2. The fourth-order valence-electron chi connectivity index (χ4n) is 2.93. The first-order chi connectivity index (χ1) is 13.5. The highest BCUT2D eigenvalue weighted by atomic mass is 16.5. The van der Waals surface area contributed by atoms with Crippen LogP contribution in [0.5, 0.6) is 5.75 Å². The lowest BCUT2D eigenvalue weighted by atomic mass is 10.00. The van der Waals surface area contributed by atoms with Gasteiger partial charge >= 0.3 is 5.91 Å². The molecular weight excluding hydrogens is 354 g/mol. The molecule has 1 N–H and O–H groups in total. The van der Waals surface area contributed by atoms with Crippen molar-refractivity contribution in [2.75, 3.05) is 19.1 Å². The summed E-state index contributed by atoms with van der Waals surface area (Å²) in [5.41, 5.74) is 2.49. The molecule has 0 saturated carbocycles. The van der Waals surface area contributed by atoms with Crippen LogP contribution in [0.15, 0.2) is 84.4 Å². The molecule has 0 unspecified atom stereocenters. The van der Waals surface area contributed by atoms with E-state index in [-0.39, 0.29) is 0 Å². The van der Waals surface area contributed by atoms with Crippen LogP contribution in [0.4, 0.5) is 5.69 Å². The van der Waals surface area contributed by atoms with Crippen molar-refractivity contribution < 1.29 is 18.9 Å². The zero-order valence-electron chi connectivity index (χ0n) is 16.0. The third kappa shape index (κ3) is 4.01. The van der Waals surface area contributed by atoms with Gasteiger partial charge in [0.15, 0.2) is 12.4 Å². The third-order valence-corrected chi connectivity index (χ3v) is 4.47. The van der Waals surface area contributed by atoms with E-state index in [1.807, 2.05) is 60.6 Å². The zero-order valence-corrected chi connectivity index (χ0v) is 16.0. The lowest BCUT2D eigenvalue weighted by Crippen LogP contribution is -2.47. The van der Waals surface area contributed by atoms with Gasteiger partial charge in [0.05, 0.1) is 7.11 Å². The van der Waals surface area contributed by atoms with Crippen LogP contribution in [-0.4, -0.2) is 26.0 Å². The summed E-state index contributed by atoms with van der Waals surface area (Å²) >= 11 is 0. The highest BCUT2D eigenvalue weighted by Crippen LogP contribution is 2.21. The maximum absolute atomic E-state index is 12.3. The van der Waals surface area contributed by atoms with E-state index in [2.05, 4.69) is 5.32 Å². The molecule has 3 rings (SSSR count). The number of nitrogens with zero attached hydrogens (tertiary/aromatic N) is 2. The Hall–Kier alpha value is -3.67. The number of allylic oxidation sites excluding steroid dienone is 2. The molecule has 1 aromatic carbocycles. The number of hydrogen-bond donors (Lipinski definition) is 1. The van der Waals surface area contributed by atoms with E-state index >= 15 is 0 Å². The van der Waals surface area contributed by atoms with E-state index in [1.54, 1.807) is 43.1 Å². The predicted octanol–water partition coefficient (Wildman–Crippen LogP) is 2.45. The molecule has 6 heteroatoms. The van der Waals surface area contributed by atoms with Crippen LogP contribution in [0.25, 0.3) is 5.70 Å². The van der Waals surface area contributed by atoms with Gasteiger partial charge in [-0.3, -0.25) is 14.9 Å². The van der Waals surface area contributed by atoms with Gasteiger partial charge in [-0.05, 0) is 43.3 Å². The van der Waals surface area contributed by atoms with Crippen LogP contribution in [0.3, 0.4) is 0 Å². The van der Waals surface area contributed by atoms with Crippen molar-refractivity contribution in [1.82, 2.24) is 5.32 Å². The molecule has 142 valence electrons. The SMILES string of the molecule is COc1ccc(N(C)/C=C/C=C2\C(=O)NC(=O)C([n+]3ccccc3)=C2C)cc1. The molecule has 0 saturated heterocycles. The van der Waals surface area contributed by atoms with Gasteiger partial charge in [-0.15, -0.1) is 0 Å². The van der Waals surface area contributed by atoms with Gasteiger partial charge in [0.1, 0.15) is 5.75 Å². The molecule has 28 heavy (non-hydrogen) atoms. The molecule has 1 aliphatic rings. The number of carbonyl (C=O) groups excluding carboxylic acids is 2. The monoisotopic (exact) mass is 376 g/mol. The van der Waals surface area contributed by atoms with Crippen molar-refractivity contribution in [2.45, 2.75) is 6.92 Å². The number of carbonyl (C=O) groups is 2. The highest BCUT2D eigenvalue weighted by Gasteiger charge is 2.33. The first-order valence-corrected chi connectivity index (χ1v) is 8.80. The number of ether oxygens (including phenoxy) is 1. The minimum Gasteiger partial charge on any atom is -0.497 e. The Morgan fingerprint density at radius 1 is 1.04 bits per heavy atom. The molecule has 2 heterocycles. The van der Waals surface area contributed by atoms with Crippen molar-refractivity contribution >= 4 is 23.2 Å². The van der Waals surface area contributed by atoms with Crippen LogP contribution in [0, 0.1) is 0 Å². The number of aromatic nitrogens is 1. The Labute approximate surface area is 164 Å². The molecule has 0 radical (unpaired) electrons. The van der Waals surface area contributed by atoms with Crippen LogP contribution >= 0.6 is 0 Å². The summed E-state index contributed by atoms with van der Waals surface area (Å²) in [5, 5.41) is 2.40. The highest BCUT2D eigenvalue weighted by molar-refractivity contribution is 6.25. The molecule has 0 bridgehead atoms. The van der Waals surface area contributed by atoms with Gasteiger partial charge in [-0.2, -0.15) is 4.57 Å². The van der Waals surface area contributed by atoms with Crippen LogP contribution in [-0.2, 0) is 9.59 Å². The van der Waals surface area contributed by atoms with E-state index in [9.17, 15) is 9.59 Å². The van der Waals surface area contributed by atoms with Crippen LogP contribution < -0.4 is 19.5 Å². The normalized spacial score (nSPS) is 15.9. The number of rotatable bonds is 5. The average molecular weight is 376 g/mol. The fourth-order valence-corrected chi connectivity index (χ4v) is 2.93. The van der Waals surface area contributed by atoms with E-state index in [1.165, 1.54) is 0 Å². The van der Waals surface area contributed by atoms with Crippen LogP contribution in [0.1, 0.15) is 6.92 Å². The lowest BCUT2D eigenvalue weighted by molar-refractivity contribution is -0.578. The van der Waals surface area contributed by atoms with E-state index < -0.39 is 11.8 Å². The zero-order chi connectivity index (χ0) is 20.1. The van der Waals surface area contributed by atoms with E-state index in [4.69, 9.17) is 4.74 Å². The second-order valence-corrected chi connectivity index (χ2v) is 6.27. The molecule has 1 aliphatic heterocycles. The summed E-state index contributed by atoms with van der Waals surface area (Å²) in [6.45, 7) is 1.78. The Morgan fingerprint density at radius 3 is 2.36 bits per heavy atom. The molecule has 2 amide bonds. The third-order valence-electron chi connectivity index (χ3n) is 4.47. The number of benzene rings is 1. The molecule has 0 fully saturated rings. The lowest BCUT2D eigenvalue weighted by Gasteiger charge is -2.16. The van der Waals surface area contributed by atoms with Crippen molar-refractivity contribution in [3.8, 4) is 5.75 Å². The minimum absolute atomic E-state index is 0.403. The molecule has 0 spiro atoms. The second kappa shape index (κ2) is 8.35. The van der Waals surface area contributed by atoms with Crippen molar-refractivity contribution in [1.29, 1.82) is 0 Å². The van der Waals surface area contributed by atoms with Gasteiger partial charge in [-0.25, -0.2) is 0 Å². The Balaban J connectivity index is 1.87. The van der Waals surface area contributed by atoms with Gasteiger partial charge in [-0.1, -0.05) is 6.07 Å². The molecule has 0 aliphatic carbocycles. The van der Waals surface area contributed by atoms with Crippen LogP contribution in [0.2, 0.25) is 0 Å². The fraction of sp³-hybridized carbons (Fsp3) is 0.136. The molecule has 2 aromatic rings. The predicted molar refractivity (Wildman–Crippen MR) is 107 cm³/mol. The Kier molecular flexibility index (Phi) is 5.69. The molecule has 6 nitrogen and oxygen atoms in total. The largest absolute Gasteiger partial charge is 0.497 e. The summed E-state index contributed by atoms with van der Waals surface area (Å²) in [7, 11) is 3.54. The Bertz CT molecular complexity index is 974. The van der Waals surface area contributed by atoms with Crippen molar-refractivity contribution in [3.63, 3.8) is 0 Å². The molecule has 1 aromatic heterocycles. The van der Waals surface area contributed by atoms with Gasteiger partial charge < -0.3 is 9.64 Å². The van der Waals surface area contributed by atoms with Crippen molar-refractivity contribution in [2.24, 2.45) is 0 Å². The number of amides is 2. The number of nitrogens with one attached hydrogen (secondary N) is 1. The standard InChI is InChI=1S/C22H21N3O3/c1-16-19(8-7-13-24(2)17-9-11-18(28-3)12-10-17)21(26)23-22(27)20(16)25-14-5-4-6-15-25/h4-15H,1-3H3/p+1/b13-7+,19-8-. The average Bonchev–Trinajstić information content (AvgIpc) is 2.71. The van der Waals surface area contributed by atoms with Gasteiger partial charge in [0.2, 0.25) is 0 Å². The van der Waals surface area contributed by atoms with E-state index in [0.29, 0.717) is 16.8 Å². The molecular formula is C22H22N3O3+. The topological polar surface area (TPSA) is 62.5 Å². The Morgan fingerprint density at radius 2 is 1.71 bits per heavy atom. The van der Waals surface area contributed by atoms with E-state index in [0.717, 1.165) is 11.4 Å². The molecule has 0 atom stereocenters. The smallest absolute Gasteiger partial charge is 0.323 e. The quantitative estimate of drug-likeness (QED) is 0.495. The number of methoxy groups -OCH3 is 1. The maximum Gasteiger partial charge on any atom is 0.323 e. The summed E-state index contributed by atoms with van der Waals surface area (Å²) < 4.78 is 6.87. The number of hydrogen-bond acceptors (Lipinski definition) is 4. The van der Waals surface area contributed by atoms with Crippen molar-refractivity contribution in [3.05, 3.63) is 84.4 Å². The first kappa shape index (κ1) is 19.1. The summed E-state index contributed by atoms with van der Waals surface area (Å²) in [5.74, 6) is -0.0202. The number of anilines is 1. The van der Waals surface area contributed by atoms with Gasteiger partial charge in [0, 0.05) is 42.2 Å². The first-order valence-electron chi connectivity index (χ1n) is 8.80. The number of pyridine rings is 1. The minimum atomic E-state index is -0.407. The maximum atomic E-state index is 12.3. The summed E-state index contributed by atoms with van der Waals surface area (Å²) in [6.07, 6.45) is 8.89.